The molecule has 0 fully saturated rings. The van der Waals surface area contributed by atoms with Crippen molar-refractivity contribution in [3.8, 4) is 0 Å². The van der Waals surface area contributed by atoms with Crippen LogP contribution in [0.15, 0.2) is 66.2 Å². The third kappa shape index (κ3) is 2.70. The third-order valence-electron chi connectivity index (χ3n) is 3.72. The molecule has 0 N–H and O–H groups in total. The molecule has 3 nitrogen and oxygen atoms in total. The first kappa shape index (κ1) is 14.3. The highest BCUT2D eigenvalue weighted by Gasteiger charge is 2.24. The number of amides is 1. The van der Waals surface area contributed by atoms with Crippen molar-refractivity contribution < 1.29 is 4.79 Å². The van der Waals surface area contributed by atoms with E-state index in [1.54, 1.807) is 11.0 Å². The number of rotatable bonds is 3. The van der Waals surface area contributed by atoms with Crippen molar-refractivity contribution in [1.29, 1.82) is 0 Å². The summed E-state index contributed by atoms with van der Waals surface area (Å²) in [6.07, 6.45) is 2.04. The van der Waals surface area contributed by atoms with E-state index in [1.807, 2.05) is 55.5 Å². The molecule has 1 aliphatic rings. The molecule has 0 saturated heterocycles. The van der Waals surface area contributed by atoms with Crippen LogP contribution in [0, 0.1) is 6.92 Å². The summed E-state index contributed by atoms with van der Waals surface area (Å²) in [5.41, 5.74) is 4.59. The van der Waals surface area contributed by atoms with Gasteiger partial charge in [-0.3, -0.25) is 9.79 Å². The van der Waals surface area contributed by atoms with E-state index in [4.69, 9.17) is 4.99 Å². The second-order valence-corrected chi connectivity index (χ2v) is 5.39. The van der Waals surface area contributed by atoms with Gasteiger partial charge in [-0.2, -0.15) is 0 Å². The molecular weight excluding hydrogens is 272 g/mol. The van der Waals surface area contributed by atoms with Crippen molar-refractivity contribution >= 4 is 23.0 Å². The number of carbonyl (C=O) groups excluding carboxylic acids is 1. The largest absolute Gasteiger partial charge is 0.306 e. The maximum atomic E-state index is 12.7. The Bertz CT molecular complexity index is 747. The average molecular weight is 290 g/mol. The number of aryl methyl sites for hydroxylation is 1. The number of hydrogen-bond acceptors (Lipinski definition) is 2. The van der Waals surface area contributed by atoms with Gasteiger partial charge in [0.25, 0.3) is 0 Å². The van der Waals surface area contributed by atoms with Gasteiger partial charge in [-0.05, 0) is 30.2 Å². The lowest BCUT2D eigenvalue weighted by atomic mass is 10.1. The molecule has 0 aromatic heterocycles. The van der Waals surface area contributed by atoms with E-state index < -0.39 is 0 Å². The first-order valence-electron chi connectivity index (χ1n) is 7.34. The van der Waals surface area contributed by atoms with Gasteiger partial charge < -0.3 is 4.90 Å². The van der Waals surface area contributed by atoms with Gasteiger partial charge in [-0.15, -0.1) is 6.58 Å². The predicted molar refractivity (Wildman–Crippen MR) is 91.0 cm³/mol. The number of nitrogens with zero attached hydrogens (tertiary/aromatic N) is 2. The highest BCUT2D eigenvalue weighted by atomic mass is 16.2. The molecule has 0 spiro atoms. The molecule has 1 heterocycles. The molecule has 1 aliphatic heterocycles. The van der Waals surface area contributed by atoms with Crippen LogP contribution in [-0.4, -0.2) is 18.2 Å². The number of hydrogen-bond donors (Lipinski definition) is 0. The number of carbonyl (C=O) groups is 1. The van der Waals surface area contributed by atoms with Crippen LogP contribution < -0.4 is 4.90 Å². The highest BCUT2D eigenvalue weighted by Crippen LogP contribution is 2.33. The molecule has 0 radical (unpaired) electrons. The van der Waals surface area contributed by atoms with Crippen molar-refractivity contribution in [3.05, 3.63) is 72.3 Å². The average Bonchev–Trinajstić information content (AvgIpc) is 2.66. The summed E-state index contributed by atoms with van der Waals surface area (Å²) in [7, 11) is 0. The Hall–Kier alpha value is -2.68. The Kier molecular flexibility index (Phi) is 3.88. The summed E-state index contributed by atoms with van der Waals surface area (Å²) < 4.78 is 0. The fourth-order valence-corrected chi connectivity index (χ4v) is 2.63. The van der Waals surface area contributed by atoms with Crippen molar-refractivity contribution in [3.63, 3.8) is 0 Å². The summed E-state index contributed by atoms with van der Waals surface area (Å²) in [6.45, 7) is 6.27. The lowest BCUT2D eigenvalue weighted by molar-refractivity contribution is -0.117. The summed E-state index contributed by atoms with van der Waals surface area (Å²) in [5, 5.41) is 0. The van der Waals surface area contributed by atoms with Gasteiger partial charge in [0.1, 0.15) is 0 Å². The summed E-state index contributed by atoms with van der Waals surface area (Å²) >= 11 is 0. The number of fused-ring (bicyclic) bond motifs is 1. The minimum absolute atomic E-state index is 0.0480. The molecule has 0 atom stereocenters. The van der Waals surface area contributed by atoms with Crippen LogP contribution in [0.1, 0.15) is 17.5 Å². The Morgan fingerprint density at radius 1 is 1.23 bits per heavy atom. The number of aliphatic imine (C=N–C) groups is 1. The number of anilines is 1. The van der Waals surface area contributed by atoms with E-state index in [0.29, 0.717) is 13.0 Å². The SMILES string of the molecule is C=CCN1C(=O)CC(c2ccccc2)=Nc2ccc(C)cc21. The highest BCUT2D eigenvalue weighted by molar-refractivity contribution is 6.17. The minimum atomic E-state index is 0.0480. The molecule has 0 saturated carbocycles. The van der Waals surface area contributed by atoms with E-state index in [1.165, 1.54) is 0 Å². The van der Waals surface area contributed by atoms with Crippen LogP contribution in [-0.2, 0) is 4.79 Å². The zero-order valence-corrected chi connectivity index (χ0v) is 12.6. The standard InChI is InChI=1S/C19H18N2O/c1-3-11-21-18-12-14(2)9-10-16(18)20-17(13-19(21)22)15-7-5-4-6-8-15/h3-10,12H,1,11,13H2,2H3. The lowest BCUT2D eigenvalue weighted by Crippen LogP contribution is -2.31. The molecule has 22 heavy (non-hydrogen) atoms. The molecule has 1 amide bonds. The van der Waals surface area contributed by atoms with Crippen LogP contribution in [0.2, 0.25) is 0 Å². The second kappa shape index (κ2) is 5.98. The summed E-state index contributed by atoms with van der Waals surface area (Å²) in [6, 6.07) is 15.9. The van der Waals surface area contributed by atoms with Gasteiger partial charge in [-0.1, -0.05) is 42.5 Å². The maximum Gasteiger partial charge on any atom is 0.233 e. The van der Waals surface area contributed by atoms with Crippen LogP contribution in [0.4, 0.5) is 11.4 Å². The third-order valence-corrected chi connectivity index (χ3v) is 3.72. The molecular formula is C19H18N2O. The predicted octanol–water partition coefficient (Wildman–Crippen LogP) is 4.04. The van der Waals surface area contributed by atoms with E-state index in [9.17, 15) is 4.79 Å². The van der Waals surface area contributed by atoms with Gasteiger partial charge in [0, 0.05) is 6.54 Å². The van der Waals surface area contributed by atoms with Crippen molar-refractivity contribution in [2.45, 2.75) is 13.3 Å². The first-order valence-corrected chi connectivity index (χ1v) is 7.34. The van der Waals surface area contributed by atoms with Crippen molar-refractivity contribution in [2.75, 3.05) is 11.4 Å². The Morgan fingerprint density at radius 2 is 2.00 bits per heavy atom. The van der Waals surface area contributed by atoms with Gasteiger partial charge in [0.05, 0.1) is 23.5 Å². The van der Waals surface area contributed by atoms with Crippen LogP contribution in [0.3, 0.4) is 0 Å². The van der Waals surface area contributed by atoms with E-state index >= 15 is 0 Å². The lowest BCUT2D eigenvalue weighted by Gasteiger charge is -2.21. The Labute approximate surface area is 130 Å². The molecule has 0 bridgehead atoms. The molecule has 0 unspecified atom stereocenters. The quantitative estimate of drug-likeness (QED) is 0.785. The zero-order chi connectivity index (χ0) is 15.5. The molecule has 110 valence electrons. The van der Waals surface area contributed by atoms with Crippen molar-refractivity contribution in [2.24, 2.45) is 4.99 Å². The van der Waals surface area contributed by atoms with Crippen LogP contribution >= 0.6 is 0 Å². The first-order chi connectivity index (χ1) is 10.7. The van der Waals surface area contributed by atoms with Gasteiger partial charge in [0.2, 0.25) is 5.91 Å². The Balaban J connectivity index is 2.13. The van der Waals surface area contributed by atoms with Gasteiger partial charge in [0.15, 0.2) is 0 Å². The molecule has 2 aromatic rings. The summed E-state index contributed by atoms with van der Waals surface area (Å²) in [4.78, 5) is 19.2. The zero-order valence-electron chi connectivity index (χ0n) is 12.6. The van der Waals surface area contributed by atoms with Crippen LogP contribution in [0.25, 0.3) is 0 Å². The molecule has 3 rings (SSSR count). The topological polar surface area (TPSA) is 32.7 Å². The van der Waals surface area contributed by atoms with Gasteiger partial charge >= 0.3 is 0 Å². The van der Waals surface area contributed by atoms with E-state index in [-0.39, 0.29) is 5.91 Å². The minimum Gasteiger partial charge on any atom is -0.306 e. The van der Waals surface area contributed by atoms with Crippen LogP contribution in [0.5, 0.6) is 0 Å². The Morgan fingerprint density at radius 3 is 2.73 bits per heavy atom. The molecule has 2 aromatic carbocycles. The smallest absolute Gasteiger partial charge is 0.233 e. The second-order valence-electron chi connectivity index (χ2n) is 5.39. The maximum absolute atomic E-state index is 12.7. The molecule has 3 heteroatoms. The normalized spacial score (nSPS) is 14.1. The van der Waals surface area contributed by atoms with E-state index in [0.717, 1.165) is 28.2 Å². The monoisotopic (exact) mass is 290 g/mol. The summed E-state index contributed by atoms with van der Waals surface area (Å²) in [5.74, 6) is 0.0480. The number of benzene rings is 2. The fourth-order valence-electron chi connectivity index (χ4n) is 2.63. The van der Waals surface area contributed by atoms with E-state index in [2.05, 4.69) is 6.58 Å². The van der Waals surface area contributed by atoms with Crippen molar-refractivity contribution in [1.82, 2.24) is 0 Å². The molecule has 0 aliphatic carbocycles. The fraction of sp³-hybridized carbons (Fsp3) is 0.158. The van der Waals surface area contributed by atoms with Gasteiger partial charge in [-0.25, -0.2) is 0 Å².